The highest BCUT2D eigenvalue weighted by Gasteiger charge is 2.35. The van der Waals surface area contributed by atoms with Crippen molar-refractivity contribution in [2.45, 2.75) is 24.5 Å². The first kappa shape index (κ1) is 15.0. The number of nitrogens with one attached hydrogen (secondary N) is 1. The minimum Gasteiger partial charge on any atom is -0.465 e. The molecule has 6 nitrogen and oxygen atoms in total. The van der Waals surface area contributed by atoms with E-state index in [1.807, 2.05) is 0 Å². The van der Waals surface area contributed by atoms with Crippen LogP contribution in [0.25, 0.3) is 0 Å². The Labute approximate surface area is 121 Å². The zero-order valence-corrected chi connectivity index (χ0v) is 12.6. The summed E-state index contributed by atoms with van der Waals surface area (Å²) in [6.45, 7) is 0. The number of methoxy groups -OCH3 is 1. The summed E-state index contributed by atoms with van der Waals surface area (Å²) in [5.41, 5.74) is 0.299. The highest BCUT2D eigenvalue weighted by molar-refractivity contribution is 7.92. The lowest BCUT2D eigenvalue weighted by Gasteiger charge is -2.21. The van der Waals surface area contributed by atoms with Gasteiger partial charge in [-0.25, -0.2) is 13.2 Å². The maximum Gasteiger partial charge on any atom is 0.350 e. The van der Waals surface area contributed by atoms with Gasteiger partial charge in [-0.3, -0.25) is 4.79 Å². The highest BCUT2D eigenvalue weighted by atomic mass is 32.2. The number of carbonyl (C=O) groups is 2. The molecule has 1 atom stereocenters. The lowest BCUT2D eigenvalue weighted by Crippen LogP contribution is -2.39. The Kier molecular flexibility index (Phi) is 4.44. The van der Waals surface area contributed by atoms with Crippen LogP contribution in [0, 0.1) is 0 Å². The molecule has 1 aliphatic heterocycles. The Bertz CT molecular complexity index is 620. The molecule has 0 bridgehead atoms. The van der Waals surface area contributed by atoms with Crippen LogP contribution in [-0.4, -0.2) is 38.4 Å². The summed E-state index contributed by atoms with van der Waals surface area (Å²) in [5, 5.41) is 3.13. The predicted molar refractivity (Wildman–Crippen MR) is 75.7 cm³/mol. The van der Waals surface area contributed by atoms with Crippen molar-refractivity contribution in [1.82, 2.24) is 0 Å². The lowest BCUT2D eigenvalue weighted by atomic mass is 10.2. The van der Waals surface area contributed by atoms with Gasteiger partial charge in [0.1, 0.15) is 10.1 Å². The van der Waals surface area contributed by atoms with Gasteiger partial charge in [-0.1, -0.05) is 6.42 Å². The maximum atomic E-state index is 12.1. The molecular formula is C12H15NO5S2. The second kappa shape index (κ2) is 5.92. The summed E-state index contributed by atoms with van der Waals surface area (Å²) < 4.78 is 28.4. The van der Waals surface area contributed by atoms with Crippen molar-refractivity contribution in [3.05, 3.63) is 16.3 Å². The lowest BCUT2D eigenvalue weighted by molar-refractivity contribution is -0.116. The van der Waals surface area contributed by atoms with Gasteiger partial charge in [0.25, 0.3) is 0 Å². The van der Waals surface area contributed by atoms with Gasteiger partial charge in [0.05, 0.1) is 18.6 Å². The van der Waals surface area contributed by atoms with E-state index in [9.17, 15) is 18.0 Å². The molecule has 1 saturated heterocycles. The van der Waals surface area contributed by atoms with E-state index in [0.717, 1.165) is 11.3 Å². The van der Waals surface area contributed by atoms with Crippen LogP contribution in [0.2, 0.25) is 0 Å². The molecule has 0 aliphatic carbocycles. The maximum absolute atomic E-state index is 12.1. The van der Waals surface area contributed by atoms with Gasteiger partial charge in [0, 0.05) is 0 Å². The molecule has 1 amide bonds. The topological polar surface area (TPSA) is 89.5 Å². The molecule has 0 spiro atoms. The van der Waals surface area contributed by atoms with Crippen molar-refractivity contribution in [3.63, 3.8) is 0 Å². The summed E-state index contributed by atoms with van der Waals surface area (Å²) in [5.74, 6) is -1.09. The van der Waals surface area contributed by atoms with Crippen molar-refractivity contribution in [1.29, 1.82) is 0 Å². The van der Waals surface area contributed by atoms with Crippen LogP contribution in [0.1, 0.15) is 28.9 Å². The van der Waals surface area contributed by atoms with E-state index >= 15 is 0 Å². The summed E-state index contributed by atoms with van der Waals surface area (Å²) >= 11 is 1.13. The minimum absolute atomic E-state index is 0.0403. The zero-order valence-electron chi connectivity index (χ0n) is 10.9. The Morgan fingerprint density at radius 3 is 2.80 bits per heavy atom. The first-order chi connectivity index (χ1) is 9.45. The molecule has 1 fully saturated rings. The first-order valence-corrected chi connectivity index (χ1v) is 8.73. The molecule has 2 rings (SSSR count). The van der Waals surface area contributed by atoms with Crippen LogP contribution in [0.5, 0.6) is 0 Å². The number of hydrogen-bond donors (Lipinski definition) is 1. The third kappa shape index (κ3) is 3.01. The van der Waals surface area contributed by atoms with E-state index in [1.54, 1.807) is 11.4 Å². The Morgan fingerprint density at radius 2 is 2.15 bits per heavy atom. The Morgan fingerprint density at radius 1 is 1.40 bits per heavy atom. The monoisotopic (exact) mass is 317 g/mol. The molecule has 0 saturated carbocycles. The van der Waals surface area contributed by atoms with Gasteiger partial charge in [-0.15, -0.1) is 11.3 Å². The Balaban J connectivity index is 2.16. The summed E-state index contributed by atoms with van der Waals surface area (Å²) in [6.07, 6.45) is 1.63. The SMILES string of the molecule is COC(=O)c1sccc1NC(=O)C1CCCCS1(=O)=O. The molecule has 1 N–H and O–H groups in total. The average Bonchev–Trinajstić information content (AvgIpc) is 2.85. The molecule has 8 heteroatoms. The second-order valence-electron chi connectivity index (χ2n) is 4.50. The molecule has 1 aromatic rings. The fraction of sp³-hybridized carbons (Fsp3) is 0.500. The van der Waals surface area contributed by atoms with E-state index in [4.69, 9.17) is 0 Å². The fourth-order valence-electron chi connectivity index (χ4n) is 2.12. The van der Waals surface area contributed by atoms with E-state index in [2.05, 4.69) is 10.1 Å². The largest absolute Gasteiger partial charge is 0.465 e. The minimum atomic E-state index is -3.39. The number of sulfone groups is 1. The van der Waals surface area contributed by atoms with Gasteiger partial charge in [-0.2, -0.15) is 0 Å². The van der Waals surface area contributed by atoms with Gasteiger partial charge >= 0.3 is 5.97 Å². The van der Waals surface area contributed by atoms with Crippen LogP contribution in [-0.2, 0) is 19.4 Å². The van der Waals surface area contributed by atoms with E-state index in [-0.39, 0.29) is 10.6 Å². The smallest absolute Gasteiger partial charge is 0.350 e. The number of rotatable bonds is 3. The molecule has 1 unspecified atom stereocenters. The Hall–Kier alpha value is -1.41. The summed E-state index contributed by atoms with van der Waals surface area (Å²) in [6, 6.07) is 1.56. The van der Waals surface area contributed by atoms with Crippen LogP contribution in [0.3, 0.4) is 0 Å². The molecule has 1 aromatic heterocycles. The third-order valence-electron chi connectivity index (χ3n) is 3.16. The first-order valence-electron chi connectivity index (χ1n) is 6.14. The zero-order chi connectivity index (χ0) is 14.8. The highest BCUT2D eigenvalue weighted by Crippen LogP contribution is 2.26. The second-order valence-corrected chi connectivity index (χ2v) is 7.71. The van der Waals surface area contributed by atoms with Gasteiger partial charge in [0.2, 0.25) is 5.91 Å². The van der Waals surface area contributed by atoms with Gasteiger partial charge in [0.15, 0.2) is 9.84 Å². The van der Waals surface area contributed by atoms with Gasteiger partial charge < -0.3 is 10.1 Å². The van der Waals surface area contributed by atoms with Crippen molar-refractivity contribution < 1.29 is 22.7 Å². The van der Waals surface area contributed by atoms with Crippen LogP contribution in [0.15, 0.2) is 11.4 Å². The molecule has 20 heavy (non-hydrogen) atoms. The van der Waals surface area contributed by atoms with Crippen molar-refractivity contribution in [2.24, 2.45) is 0 Å². The van der Waals surface area contributed by atoms with Crippen molar-refractivity contribution >= 4 is 38.7 Å². The van der Waals surface area contributed by atoms with Crippen molar-refractivity contribution in [2.75, 3.05) is 18.2 Å². The van der Waals surface area contributed by atoms with Crippen LogP contribution < -0.4 is 5.32 Å². The standard InChI is InChI=1S/C12H15NO5S2/c1-18-12(15)10-8(5-6-19-10)13-11(14)9-4-2-3-7-20(9,16)17/h5-6,9H,2-4,7H2,1H3,(H,13,14). The molecule has 0 aromatic carbocycles. The molecule has 0 radical (unpaired) electrons. The number of thiophene rings is 1. The quantitative estimate of drug-likeness (QED) is 0.852. The molecule has 2 heterocycles. The molecule has 1 aliphatic rings. The number of amides is 1. The van der Waals surface area contributed by atoms with Crippen molar-refractivity contribution in [3.8, 4) is 0 Å². The molecular weight excluding hydrogens is 302 g/mol. The van der Waals surface area contributed by atoms with Crippen LogP contribution >= 0.6 is 11.3 Å². The molecule has 110 valence electrons. The van der Waals surface area contributed by atoms with Crippen LogP contribution in [0.4, 0.5) is 5.69 Å². The predicted octanol–water partition coefficient (Wildman–Crippen LogP) is 1.44. The number of carbonyl (C=O) groups excluding carboxylic acids is 2. The van der Waals surface area contributed by atoms with E-state index in [0.29, 0.717) is 24.9 Å². The van der Waals surface area contributed by atoms with E-state index in [1.165, 1.54) is 7.11 Å². The van der Waals surface area contributed by atoms with E-state index < -0.39 is 27.0 Å². The van der Waals surface area contributed by atoms with Gasteiger partial charge in [-0.05, 0) is 24.3 Å². The number of ether oxygens (including phenoxy) is 1. The number of anilines is 1. The average molecular weight is 317 g/mol. The summed E-state index contributed by atoms with van der Waals surface area (Å²) in [4.78, 5) is 23.9. The third-order valence-corrected chi connectivity index (χ3v) is 6.23. The number of hydrogen-bond acceptors (Lipinski definition) is 6. The summed E-state index contributed by atoms with van der Waals surface area (Å²) in [7, 11) is -2.14. The normalized spacial score (nSPS) is 21.1. The number of esters is 1. The fourth-order valence-corrected chi connectivity index (χ4v) is 4.69.